The summed E-state index contributed by atoms with van der Waals surface area (Å²) in [6.45, 7) is 2.73. The lowest BCUT2D eigenvalue weighted by molar-refractivity contribution is 0.614. The zero-order chi connectivity index (χ0) is 18.6. The fraction of sp³-hybridized carbons (Fsp3) is 0.273. The Morgan fingerprint density at radius 3 is 2.44 bits per heavy atom. The first-order chi connectivity index (χ1) is 13.2. The monoisotopic (exact) mass is 394 g/mol. The second kappa shape index (κ2) is 8.36. The van der Waals surface area contributed by atoms with Gasteiger partial charge >= 0.3 is 0 Å². The van der Waals surface area contributed by atoms with E-state index in [2.05, 4.69) is 43.3 Å². The van der Waals surface area contributed by atoms with Gasteiger partial charge in [-0.2, -0.15) is 0 Å². The number of fused-ring (bicyclic) bond motifs is 1. The molecule has 0 unspecified atom stereocenters. The quantitative estimate of drug-likeness (QED) is 0.450. The predicted octanol–water partition coefficient (Wildman–Crippen LogP) is 4.66. The maximum absolute atomic E-state index is 13.2. The number of thioether (sulfide) groups is 2. The van der Waals surface area contributed by atoms with Crippen LogP contribution in [-0.4, -0.2) is 20.6 Å². The van der Waals surface area contributed by atoms with E-state index in [-0.39, 0.29) is 5.56 Å². The summed E-state index contributed by atoms with van der Waals surface area (Å²) in [6.07, 6.45) is 1.85. The first-order valence-electron chi connectivity index (χ1n) is 9.22. The zero-order valence-electron chi connectivity index (χ0n) is 15.3. The van der Waals surface area contributed by atoms with Crippen LogP contribution in [0.4, 0.5) is 0 Å². The van der Waals surface area contributed by atoms with Crippen LogP contribution in [0.1, 0.15) is 23.7 Å². The Morgan fingerprint density at radius 1 is 1.07 bits per heavy atom. The van der Waals surface area contributed by atoms with E-state index >= 15 is 0 Å². The van der Waals surface area contributed by atoms with Gasteiger partial charge in [0, 0.05) is 17.4 Å². The minimum Gasteiger partial charge on any atom is -0.282 e. The summed E-state index contributed by atoms with van der Waals surface area (Å²) in [7, 11) is 0. The topological polar surface area (TPSA) is 34.9 Å². The van der Waals surface area contributed by atoms with Gasteiger partial charge < -0.3 is 0 Å². The molecule has 1 aromatic heterocycles. The highest BCUT2D eigenvalue weighted by atomic mass is 32.2. The highest BCUT2D eigenvalue weighted by Crippen LogP contribution is 2.34. The lowest BCUT2D eigenvalue weighted by atomic mass is 10.2. The molecule has 3 aromatic rings. The van der Waals surface area contributed by atoms with Crippen molar-refractivity contribution in [2.24, 2.45) is 0 Å². The Labute approximate surface area is 168 Å². The minimum atomic E-state index is 0.111. The molecule has 0 amide bonds. The van der Waals surface area contributed by atoms with Crippen molar-refractivity contribution in [1.82, 2.24) is 9.55 Å². The van der Waals surface area contributed by atoms with Gasteiger partial charge in [-0.15, -0.1) is 11.8 Å². The molecule has 138 valence electrons. The van der Waals surface area contributed by atoms with Crippen molar-refractivity contribution < 1.29 is 0 Å². The molecule has 1 atom stereocenters. The second-order valence-electron chi connectivity index (χ2n) is 6.76. The van der Waals surface area contributed by atoms with Crippen LogP contribution in [0.3, 0.4) is 0 Å². The highest BCUT2D eigenvalue weighted by molar-refractivity contribution is 8.00. The molecule has 0 spiro atoms. The van der Waals surface area contributed by atoms with Crippen molar-refractivity contribution in [1.29, 1.82) is 0 Å². The van der Waals surface area contributed by atoms with E-state index in [9.17, 15) is 4.79 Å². The van der Waals surface area contributed by atoms with Gasteiger partial charge in [-0.05, 0) is 17.5 Å². The van der Waals surface area contributed by atoms with E-state index in [1.54, 1.807) is 23.5 Å². The van der Waals surface area contributed by atoms with E-state index in [1.807, 2.05) is 28.8 Å². The average Bonchev–Trinajstić information content (AvgIpc) is 3.07. The molecule has 0 aliphatic carbocycles. The number of hydrogen-bond donors (Lipinski definition) is 0. The second-order valence-corrected chi connectivity index (χ2v) is 9.27. The molecule has 0 saturated carbocycles. The van der Waals surface area contributed by atoms with Crippen LogP contribution in [0.15, 0.2) is 75.5 Å². The summed E-state index contributed by atoms with van der Waals surface area (Å²) >= 11 is 3.35. The summed E-state index contributed by atoms with van der Waals surface area (Å²) in [5.41, 5.74) is 3.53. The van der Waals surface area contributed by atoms with Crippen LogP contribution in [-0.2, 0) is 19.4 Å². The lowest BCUT2D eigenvalue weighted by Crippen LogP contribution is -2.26. The normalized spacial score (nSPS) is 15.7. The molecule has 0 radical (unpaired) electrons. The summed E-state index contributed by atoms with van der Waals surface area (Å²) < 4.78 is 1.86. The number of hydrogen-bond acceptors (Lipinski definition) is 4. The van der Waals surface area contributed by atoms with Gasteiger partial charge in [-0.25, -0.2) is 4.98 Å². The Morgan fingerprint density at radius 2 is 1.74 bits per heavy atom. The molecular weight excluding hydrogens is 372 g/mol. The van der Waals surface area contributed by atoms with Gasteiger partial charge in [0.2, 0.25) is 0 Å². The molecule has 0 fully saturated rings. The molecule has 2 aromatic carbocycles. The highest BCUT2D eigenvalue weighted by Gasteiger charge is 2.26. The SMILES string of the molecule is C[C@H]1Cc2nc(SCCc3ccccc3)n(Cc3ccccc3)c(=O)c2S1. The van der Waals surface area contributed by atoms with Gasteiger partial charge in [0.1, 0.15) is 0 Å². The van der Waals surface area contributed by atoms with Crippen LogP contribution < -0.4 is 5.56 Å². The van der Waals surface area contributed by atoms with Crippen molar-refractivity contribution in [2.75, 3.05) is 5.75 Å². The van der Waals surface area contributed by atoms with E-state index in [0.717, 1.165) is 39.9 Å². The molecule has 2 heterocycles. The van der Waals surface area contributed by atoms with E-state index < -0.39 is 0 Å². The Kier molecular flexibility index (Phi) is 5.69. The van der Waals surface area contributed by atoms with Crippen molar-refractivity contribution in [3.63, 3.8) is 0 Å². The fourth-order valence-electron chi connectivity index (χ4n) is 3.25. The third-order valence-electron chi connectivity index (χ3n) is 4.61. The first kappa shape index (κ1) is 18.4. The summed E-state index contributed by atoms with van der Waals surface area (Å²) in [5.74, 6) is 0.909. The van der Waals surface area contributed by atoms with Crippen molar-refractivity contribution in [2.45, 2.75) is 41.6 Å². The molecule has 0 saturated heterocycles. The predicted molar refractivity (Wildman–Crippen MR) is 114 cm³/mol. The van der Waals surface area contributed by atoms with Gasteiger partial charge in [0.25, 0.3) is 5.56 Å². The molecular formula is C22H22N2OS2. The van der Waals surface area contributed by atoms with Crippen LogP contribution in [0, 0.1) is 0 Å². The Bertz CT molecular complexity index is 971. The number of nitrogens with zero attached hydrogens (tertiary/aromatic N) is 2. The van der Waals surface area contributed by atoms with E-state index in [4.69, 9.17) is 4.98 Å². The number of aromatic nitrogens is 2. The summed E-state index contributed by atoms with van der Waals surface area (Å²) in [4.78, 5) is 18.9. The van der Waals surface area contributed by atoms with Gasteiger partial charge in [0.05, 0.1) is 17.1 Å². The Hall–Kier alpha value is -1.98. The summed E-state index contributed by atoms with van der Waals surface area (Å²) in [5, 5.41) is 1.27. The molecule has 4 rings (SSSR count). The molecule has 1 aliphatic heterocycles. The lowest BCUT2D eigenvalue weighted by Gasteiger charge is -2.14. The van der Waals surface area contributed by atoms with Crippen LogP contribution >= 0.6 is 23.5 Å². The smallest absolute Gasteiger partial charge is 0.268 e. The number of benzene rings is 2. The molecule has 5 heteroatoms. The van der Waals surface area contributed by atoms with Gasteiger partial charge in [0.15, 0.2) is 5.16 Å². The first-order valence-corrected chi connectivity index (χ1v) is 11.1. The summed E-state index contributed by atoms with van der Waals surface area (Å²) in [6, 6.07) is 20.6. The van der Waals surface area contributed by atoms with Crippen LogP contribution in [0.2, 0.25) is 0 Å². The molecule has 1 aliphatic rings. The van der Waals surface area contributed by atoms with Crippen molar-refractivity contribution in [3.8, 4) is 0 Å². The molecule has 3 nitrogen and oxygen atoms in total. The van der Waals surface area contributed by atoms with E-state index in [0.29, 0.717) is 11.8 Å². The fourth-order valence-corrected chi connectivity index (χ4v) is 5.37. The third-order valence-corrected chi connectivity index (χ3v) is 6.80. The Balaban J connectivity index is 1.61. The molecule has 0 N–H and O–H groups in total. The van der Waals surface area contributed by atoms with Crippen LogP contribution in [0.25, 0.3) is 0 Å². The maximum Gasteiger partial charge on any atom is 0.268 e. The van der Waals surface area contributed by atoms with Crippen molar-refractivity contribution >= 4 is 23.5 Å². The molecule has 27 heavy (non-hydrogen) atoms. The van der Waals surface area contributed by atoms with Crippen molar-refractivity contribution in [3.05, 3.63) is 87.8 Å². The standard InChI is InChI=1S/C22H22N2OS2/c1-16-14-19-20(27-16)21(25)24(15-18-10-6-3-7-11-18)22(23-19)26-13-12-17-8-4-2-5-9-17/h2-11,16H,12-15H2,1H3/t16-/m0/s1. The van der Waals surface area contributed by atoms with E-state index in [1.165, 1.54) is 5.56 Å². The number of aryl methyl sites for hydroxylation is 1. The molecule has 0 bridgehead atoms. The van der Waals surface area contributed by atoms with Crippen LogP contribution in [0.5, 0.6) is 0 Å². The number of rotatable bonds is 6. The maximum atomic E-state index is 13.2. The van der Waals surface area contributed by atoms with Gasteiger partial charge in [-0.1, -0.05) is 79.3 Å². The van der Waals surface area contributed by atoms with Gasteiger partial charge in [-0.3, -0.25) is 9.36 Å². The third kappa shape index (κ3) is 4.30. The zero-order valence-corrected chi connectivity index (χ0v) is 16.9. The largest absolute Gasteiger partial charge is 0.282 e. The average molecular weight is 395 g/mol. The minimum absolute atomic E-state index is 0.111.